The van der Waals surface area contributed by atoms with Gasteiger partial charge in [0, 0.05) is 24.2 Å². The van der Waals surface area contributed by atoms with Crippen molar-refractivity contribution in [3.05, 3.63) is 142 Å². The number of hydrogen-bond acceptors (Lipinski definition) is 4. The molecule has 2 aliphatic heterocycles. The normalized spacial score (nSPS) is 15.8. The third kappa shape index (κ3) is 4.20. The Bertz CT molecular complexity index is 1620. The van der Waals surface area contributed by atoms with Crippen LogP contribution in [0.4, 0.5) is 13.2 Å². The highest BCUT2D eigenvalue weighted by Crippen LogP contribution is 2.40. The highest BCUT2D eigenvalue weighted by atomic mass is 19.1. The summed E-state index contributed by atoms with van der Waals surface area (Å²) >= 11 is 0. The molecule has 0 atom stereocenters. The quantitative estimate of drug-likeness (QED) is 0.393. The summed E-state index contributed by atoms with van der Waals surface area (Å²) in [5.41, 5.74) is 7.69. The molecule has 9 heteroatoms. The average Bonchev–Trinajstić information content (AvgIpc) is 3.50. The van der Waals surface area contributed by atoms with Gasteiger partial charge in [-0.05, 0) is 64.7 Å². The molecule has 2 heterocycles. The molecule has 0 aliphatic carbocycles. The second kappa shape index (κ2) is 9.68. The first-order chi connectivity index (χ1) is 19.3. The van der Waals surface area contributed by atoms with E-state index in [1.165, 1.54) is 59.5 Å². The van der Waals surface area contributed by atoms with E-state index in [9.17, 15) is 22.8 Å². The van der Waals surface area contributed by atoms with Crippen molar-refractivity contribution in [2.75, 3.05) is 0 Å². The lowest BCUT2D eigenvalue weighted by Crippen LogP contribution is -2.43. The van der Waals surface area contributed by atoms with Gasteiger partial charge in [0.2, 0.25) is 0 Å². The zero-order valence-corrected chi connectivity index (χ0v) is 21.2. The number of nitrogens with two attached hydrogens (primary N) is 1. The minimum atomic E-state index is -1.63. The Labute approximate surface area is 228 Å². The van der Waals surface area contributed by atoms with E-state index in [2.05, 4.69) is 4.99 Å². The maximum absolute atomic E-state index is 14.2. The molecule has 4 aromatic carbocycles. The smallest absolute Gasteiger partial charge is 0.266 e. The third-order valence-corrected chi connectivity index (χ3v) is 7.37. The van der Waals surface area contributed by atoms with Crippen LogP contribution < -0.4 is 5.73 Å². The van der Waals surface area contributed by atoms with Crippen molar-refractivity contribution in [1.29, 1.82) is 0 Å². The molecule has 6 rings (SSSR count). The van der Waals surface area contributed by atoms with Crippen LogP contribution in [-0.4, -0.2) is 27.6 Å². The summed E-state index contributed by atoms with van der Waals surface area (Å²) in [6.45, 7) is 0.486. The van der Waals surface area contributed by atoms with Crippen LogP contribution >= 0.6 is 0 Å². The van der Waals surface area contributed by atoms with Crippen molar-refractivity contribution in [2.24, 2.45) is 10.7 Å². The Morgan fingerprint density at radius 1 is 0.850 bits per heavy atom. The molecule has 4 aromatic rings. The minimum Gasteiger partial charge on any atom is -0.369 e. The van der Waals surface area contributed by atoms with E-state index in [-0.39, 0.29) is 30.8 Å². The van der Waals surface area contributed by atoms with Crippen LogP contribution in [-0.2, 0) is 30.0 Å². The van der Waals surface area contributed by atoms with Gasteiger partial charge in [0.25, 0.3) is 11.8 Å². The molecule has 40 heavy (non-hydrogen) atoms. The van der Waals surface area contributed by atoms with Crippen LogP contribution in [0.1, 0.15) is 38.2 Å². The van der Waals surface area contributed by atoms with E-state index in [0.29, 0.717) is 34.4 Å². The largest absolute Gasteiger partial charge is 0.369 e. The fourth-order valence-corrected chi connectivity index (χ4v) is 5.35. The first kappa shape index (κ1) is 25.4. The van der Waals surface area contributed by atoms with Crippen LogP contribution in [0.3, 0.4) is 0 Å². The second-order valence-electron chi connectivity index (χ2n) is 9.82. The van der Waals surface area contributed by atoms with Crippen LogP contribution in [0.5, 0.6) is 0 Å². The lowest BCUT2D eigenvalue weighted by atomic mass is 9.82. The summed E-state index contributed by atoms with van der Waals surface area (Å²) in [5, 5.41) is 0. The molecular formula is C31H23F3N4O2. The molecule has 0 fully saturated rings. The van der Waals surface area contributed by atoms with Gasteiger partial charge in [0.15, 0.2) is 11.5 Å². The first-order valence-electron chi connectivity index (χ1n) is 12.6. The highest BCUT2D eigenvalue weighted by Gasteiger charge is 2.50. The minimum absolute atomic E-state index is 0.00821. The molecule has 2 aliphatic rings. The summed E-state index contributed by atoms with van der Waals surface area (Å²) in [6, 6.07) is 22.3. The van der Waals surface area contributed by atoms with Gasteiger partial charge in [-0.15, -0.1) is 0 Å². The Hall–Kier alpha value is -4.92. The number of carbonyl (C=O) groups is 2. The van der Waals surface area contributed by atoms with Gasteiger partial charge < -0.3 is 10.6 Å². The van der Waals surface area contributed by atoms with E-state index < -0.39 is 23.1 Å². The number of rotatable bonds is 5. The van der Waals surface area contributed by atoms with Gasteiger partial charge in [-0.2, -0.15) is 0 Å². The Balaban J connectivity index is 1.29. The van der Waals surface area contributed by atoms with Crippen molar-refractivity contribution in [2.45, 2.75) is 25.2 Å². The molecule has 2 N–H and O–H groups in total. The topological polar surface area (TPSA) is 79.0 Å². The Kier molecular flexibility index (Phi) is 6.14. The van der Waals surface area contributed by atoms with Gasteiger partial charge >= 0.3 is 0 Å². The number of guanidine groups is 1. The number of aliphatic imine (C=N–C) groups is 1. The highest BCUT2D eigenvalue weighted by molar-refractivity contribution is 6.09. The van der Waals surface area contributed by atoms with E-state index in [0.717, 1.165) is 5.56 Å². The number of hydrogen-bond donors (Lipinski definition) is 1. The standard InChI is InChI=1S/C31H23F3N4O2/c32-24-11-7-22(8-12-24)31(23-9-13-25(33)14-10-23)29(40)38(30(35)36-31)16-19-3-1-4-20(15-19)28(39)37-17-21-5-2-6-27(34)26(21)18-37/h1-15H,16-18H2,(H2,35,36). The predicted molar refractivity (Wildman–Crippen MR) is 142 cm³/mol. The molecule has 0 aromatic heterocycles. The summed E-state index contributed by atoms with van der Waals surface area (Å²) in [6.07, 6.45) is 0. The van der Waals surface area contributed by atoms with Gasteiger partial charge in [0.05, 0.1) is 6.54 Å². The molecule has 0 bridgehead atoms. The number of amides is 2. The second-order valence-corrected chi connectivity index (χ2v) is 9.82. The first-order valence-corrected chi connectivity index (χ1v) is 12.6. The zero-order valence-electron chi connectivity index (χ0n) is 21.2. The van der Waals surface area contributed by atoms with Crippen molar-refractivity contribution in [3.8, 4) is 0 Å². The predicted octanol–water partition coefficient (Wildman–Crippen LogP) is 4.86. The third-order valence-electron chi connectivity index (χ3n) is 7.37. The molecule has 0 saturated heterocycles. The molecule has 0 saturated carbocycles. The van der Waals surface area contributed by atoms with Crippen molar-refractivity contribution in [1.82, 2.24) is 9.80 Å². The van der Waals surface area contributed by atoms with E-state index in [4.69, 9.17) is 5.73 Å². The average molecular weight is 541 g/mol. The summed E-state index contributed by atoms with van der Waals surface area (Å²) < 4.78 is 41.7. The summed E-state index contributed by atoms with van der Waals surface area (Å²) in [4.78, 5) is 34.7. The van der Waals surface area contributed by atoms with Gasteiger partial charge in [-0.1, -0.05) is 48.5 Å². The van der Waals surface area contributed by atoms with Gasteiger partial charge in [-0.3, -0.25) is 14.5 Å². The van der Waals surface area contributed by atoms with Gasteiger partial charge in [-0.25, -0.2) is 18.2 Å². The number of benzene rings is 4. The maximum atomic E-state index is 14.2. The van der Waals surface area contributed by atoms with E-state index in [1.54, 1.807) is 41.3 Å². The Morgan fingerprint density at radius 2 is 1.48 bits per heavy atom. The molecule has 0 radical (unpaired) electrons. The number of fused-ring (bicyclic) bond motifs is 1. The van der Waals surface area contributed by atoms with E-state index in [1.807, 2.05) is 0 Å². The molecule has 0 spiro atoms. The van der Waals surface area contributed by atoms with Crippen molar-refractivity contribution in [3.63, 3.8) is 0 Å². The molecule has 200 valence electrons. The molecule has 2 amide bonds. The van der Waals surface area contributed by atoms with Crippen molar-refractivity contribution < 1.29 is 22.8 Å². The zero-order chi connectivity index (χ0) is 28.0. The fraction of sp³-hybridized carbons (Fsp3) is 0.129. The SMILES string of the molecule is NC1=NC(c2ccc(F)cc2)(c2ccc(F)cc2)C(=O)N1Cc1cccc(C(=O)N2Cc3cccc(F)c3C2)c1. The lowest BCUT2D eigenvalue weighted by Gasteiger charge is -2.27. The van der Waals surface area contributed by atoms with Gasteiger partial charge in [0.1, 0.15) is 17.5 Å². The fourth-order valence-electron chi connectivity index (χ4n) is 5.35. The van der Waals surface area contributed by atoms with Crippen LogP contribution in [0.25, 0.3) is 0 Å². The molecule has 0 unspecified atom stereocenters. The molecule has 6 nitrogen and oxygen atoms in total. The number of carbonyl (C=O) groups excluding carboxylic acids is 2. The molecular weight excluding hydrogens is 517 g/mol. The number of nitrogens with zero attached hydrogens (tertiary/aromatic N) is 3. The maximum Gasteiger partial charge on any atom is 0.266 e. The van der Waals surface area contributed by atoms with E-state index >= 15 is 0 Å². The lowest BCUT2D eigenvalue weighted by molar-refractivity contribution is -0.130. The summed E-state index contributed by atoms with van der Waals surface area (Å²) in [5.74, 6) is -2.13. The number of halogens is 3. The van der Waals surface area contributed by atoms with Crippen LogP contribution in [0, 0.1) is 17.5 Å². The van der Waals surface area contributed by atoms with Crippen LogP contribution in [0.15, 0.2) is 96.0 Å². The van der Waals surface area contributed by atoms with Crippen molar-refractivity contribution >= 4 is 17.8 Å². The monoisotopic (exact) mass is 540 g/mol. The Morgan fingerprint density at radius 3 is 2.10 bits per heavy atom. The van der Waals surface area contributed by atoms with Crippen LogP contribution in [0.2, 0.25) is 0 Å². The summed E-state index contributed by atoms with van der Waals surface area (Å²) in [7, 11) is 0.